The Morgan fingerprint density at radius 1 is 1.35 bits per heavy atom. The zero-order chi connectivity index (χ0) is 14.5. The lowest BCUT2D eigenvalue weighted by atomic mass is 10.2. The molecule has 0 fully saturated rings. The van der Waals surface area contributed by atoms with Gasteiger partial charge in [0.05, 0.1) is 5.69 Å². The fourth-order valence-electron chi connectivity index (χ4n) is 1.85. The molecule has 6 heteroatoms. The SMILES string of the molecule is CCNc1cccc(C(=O)NCc2c(C)noc2C)n1. The number of hydrogen-bond donors (Lipinski definition) is 2. The highest BCUT2D eigenvalue weighted by molar-refractivity contribution is 5.92. The van der Waals surface area contributed by atoms with E-state index in [0.717, 1.165) is 23.6 Å². The van der Waals surface area contributed by atoms with Crippen LogP contribution in [-0.4, -0.2) is 22.6 Å². The molecule has 0 aliphatic heterocycles. The van der Waals surface area contributed by atoms with Crippen molar-refractivity contribution in [1.82, 2.24) is 15.5 Å². The van der Waals surface area contributed by atoms with E-state index < -0.39 is 0 Å². The first kappa shape index (κ1) is 14.0. The van der Waals surface area contributed by atoms with Crippen LogP contribution in [0.1, 0.15) is 34.4 Å². The highest BCUT2D eigenvalue weighted by Crippen LogP contribution is 2.12. The van der Waals surface area contributed by atoms with Crippen molar-refractivity contribution >= 4 is 11.7 Å². The lowest BCUT2D eigenvalue weighted by molar-refractivity contribution is 0.0946. The highest BCUT2D eigenvalue weighted by Gasteiger charge is 2.12. The van der Waals surface area contributed by atoms with E-state index in [1.807, 2.05) is 26.8 Å². The fourth-order valence-corrected chi connectivity index (χ4v) is 1.85. The summed E-state index contributed by atoms with van der Waals surface area (Å²) >= 11 is 0. The number of carbonyl (C=O) groups is 1. The van der Waals surface area contributed by atoms with Crippen molar-refractivity contribution in [3.05, 3.63) is 40.9 Å². The number of rotatable bonds is 5. The molecule has 0 spiro atoms. The quantitative estimate of drug-likeness (QED) is 0.872. The second-order valence-corrected chi connectivity index (χ2v) is 4.42. The van der Waals surface area contributed by atoms with Crippen molar-refractivity contribution in [3.8, 4) is 0 Å². The van der Waals surface area contributed by atoms with Gasteiger partial charge in [0.15, 0.2) is 0 Å². The second-order valence-electron chi connectivity index (χ2n) is 4.42. The summed E-state index contributed by atoms with van der Waals surface area (Å²) in [5.41, 5.74) is 2.08. The van der Waals surface area contributed by atoms with E-state index in [9.17, 15) is 4.79 Å². The Kier molecular flexibility index (Phi) is 4.34. The maximum Gasteiger partial charge on any atom is 0.270 e. The summed E-state index contributed by atoms with van der Waals surface area (Å²) in [6, 6.07) is 5.31. The van der Waals surface area contributed by atoms with Gasteiger partial charge in [-0.25, -0.2) is 4.98 Å². The van der Waals surface area contributed by atoms with E-state index in [1.165, 1.54) is 0 Å². The molecule has 0 aliphatic rings. The van der Waals surface area contributed by atoms with Gasteiger partial charge in [-0.15, -0.1) is 0 Å². The topological polar surface area (TPSA) is 80.0 Å². The van der Waals surface area contributed by atoms with Gasteiger partial charge in [0.1, 0.15) is 17.3 Å². The lowest BCUT2D eigenvalue weighted by Crippen LogP contribution is -2.24. The van der Waals surface area contributed by atoms with E-state index in [-0.39, 0.29) is 5.91 Å². The first-order valence-corrected chi connectivity index (χ1v) is 6.52. The van der Waals surface area contributed by atoms with Crippen LogP contribution in [0, 0.1) is 13.8 Å². The van der Waals surface area contributed by atoms with Gasteiger partial charge in [0, 0.05) is 18.7 Å². The smallest absolute Gasteiger partial charge is 0.270 e. The number of nitrogens with one attached hydrogen (secondary N) is 2. The molecular weight excluding hydrogens is 256 g/mol. The van der Waals surface area contributed by atoms with Gasteiger partial charge < -0.3 is 15.2 Å². The predicted octanol–water partition coefficient (Wildman–Crippen LogP) is 2.05. The van der Waals surface area contributed by atoms with Gasteiger partial charge in [-0.1, -0.05) is 11.2 Å². The average molecular weight is 274 g/mol. The Balaban J connectivity index is 2.03. The second kappa shape index (κ2) is 6.18. The molecule has 2 heterocycles. The summed E-state index contributed by atoms with van der Waals surface area (Å²) in [6.45, 7) is 6.80. The van der Waals surface area contributed by atoms with Crippen molar-refractivity contribution < 1.29 is 9.32 Å². The van der Waals surface area contributed by atoms with Crippen LogP contribution < -0.4 is 10.6 Å². The lowest BCUT2D eigenvalue weighted by Gasteiger charge is -2.06. The summed E-state index contributed by atoms with van der Waals surface area (Å²) in [5.74, 6) is 1.19. The molecule has 0 aliphatic carbocycles. The van der Waals surface area contributed by atoms with Gasteiger partial charge in [-0.3, -0.25) is 4.79 Å². The molecule has 0 bridgehead atoms. The number of aryl methyl sites for hydroxylation is 2. The third-order valence-electron chi connectivity index (χ3n) is 2.95. The van der Waals surface area contributed by atoms with Crippen LogP contribution in [0.4, 0.5) is 5.82 Å². The molecule has 1 amide bonds. The first-order valence-electron chi connectivity index (χ1n) is 6.52. The molecule has 0 unspecified atom stereocenters. The van der Waals surface area contributed by atoms with Gasteiger partial charge in [-0.05, 0) is 32.9 Å². The van der Waals surface area contributed by atoms with Crippen molar-refractivity contribution in [2.24, 2.45) is 0 Å². The van der Waals surface area contributed by atoms with Crippen molar-refractivity contribution in [3.63, 3.8) is 0 Å². The largest absolute Gasteiger partial charge is 0.370 e. The zero-order valence-electron chi connectivity index (χ0n) is 11.9. The molecule has 2 aromatic rings. The van der Waals surface area contributed by atoms with Crippen LogP contribution in [0.5, 0.6) is 0 Å². The summed E-state index contributed by atoms with van der Waals surface area (Å²) in [7, 11) is 0. The van der Waals surface area contributed by atoms with E-state index in [1.54, 1.807) is 12.1 Å². The molecule has 0 atom stereocenters. The van der Waals surface area contributed by atoms with Crippen LogP contribution in [0.15, 0.2) is 22.7 Å². The molecule has 106 valence electrons. The molecule has 2 N–H and O–H groups in total. The number of anilines is 1. The van der Waals surface area contributed by atoms with Gasteiger partial charge in [-0.2, -0.15) is 0 Å². The van der Waals surface area contributed by atoms with Gasteiger partial charge >= 0.3 is 0 Å². The summed E-state index contributed by atoms with van der Waals surface area (Å²) < 4.78 is 5.06. The van der Waals surface area contributed by atoms with Crippen LogP contribution in [0.3, 0.4) is 0 Å². The molecule has 20 heavy (non-hydrogen) atoms. The Morgan fingerprint density at radius 2 is 2.15 bits per heavy atom. The summed E-state index contributed by atoms with van der Waals surface area (Å²) in [5, 5.41) is 9.75. The third kappa shape index (κ3) is 3.14. The maximum atomic E-state index is 12.1. The molecule has 6 nitrogen and oxygen atoms in total. The number of hydrogen-bond acceptors (Lipinski definition) is 5. The monoisotopic (exact) mass is 274 g/mol. The molecular formula is C14H18N4O2. The minimum atomic E-state index is -0.218. The molecule has 0 saturated heterocycles. The van der Waals surface area contributed by atoms with E-state index in [4.69, 9.17) is 4.52 Å². The minimum Gasteiger partial charge on any atom is -0.370 e. The summed E-state index contributed by atoms with van der Waals surface area (Å²) in [4.78, 5) is 16.3. The maximum absolute atomic E-state index is 12.1. The Hall–Kier alpha value is -2.37. The number of amides is 1. The molecule has 0 radical (unpaired) electrons. The van der Waals surface area contributed by atoms with Gasteiger partial charge in [0.2, 0.25) is 0 Å². The number of pyridine rings is 1. The number of aromatic nitrogens is 2. The molecule has 0 aromatic carbocycles. The Morgan fingerprint density at radius 3 is 2.80 bits per heavy atom. The minimum absolute atomic E-state index is 0.218. The van der Waals surface area contributed by atoms with Crippen molar-refractivity contribution in [2.75, 3.05) is 11.9 Å². The van der Waals surface area contributed by atoms with Crippen molar-refractivity contribution in [2.45, 2.75) is 27.3 Å². The van der Waals surface area contributed by atoms with E-state index in [2.05, 4.69) is 20.8 Å². The number of carbonyl (C=O) groups excluding carboxylic acids is 1. The number of nitrogens with zero attached hydrogens (tertiary/aromatic N) is 2. The van der Waals surface area contributed by atoms with Crippen LogP contribution in [0.2, 0.25) is 0 Å². The normalized spacial score (nSPS) is 10.3. The molecule has 0 saturated carbocycles. The first-order chi connectivity index (χ1) is 9.61. The van der Waals surface area contributed by atoms with Crippen LogP contribution in [-0.2, 0) is 6.54 Å². The highest BCUT2D eigenvalue weighted by atomic mass is 16.5. The van der Waals surface area contributed by atoms with Gasteiger partial charge in [0.25, 0.3) is 5.91 Å². The van der Waals surface area contributed by atoms with Crippen LogP contribution in [0.25, 0.3) is 0 Å². The molecule has 2 aromatic heterocycles. The Labute approximate surface area is 117 Å². The average Bonchev–Trinajstić information content (AvgIpc) is 2.76. The van der Waals surface area contributed by atoms with Crippen LogP contribution >= 0.6 is 0 Å². The van der Waals surface area contributed by atoms with E-state index >= 15 is 0 Å². The molecule has 2 rings (SSSR count). The standard InChI is InChI=1S/C14H18N4O2/c1-4-15-13-7-5-6-12(17-13)14(19)16-8-11-9(2)18-20-10(11)3/h5-7H,4,8H2,1-3H3,(H,15,17)(H,16,19). The fraction of sp³-hybridized carbons (Fsp3) is 0.357. The van der Waals surface area contributed by atoms with Crippen molar-refractivity contribution in [1.29, 1.82) is 0 Å². The predicted molar refractivity (Wildman–Crippen MR) is 75.5 cm³/mol. The van der Waals surface area contributed by atoms with E-state index in [0.29, 0.717) is 18.1 Å². The zero-order valence-corrected chi connectivity index (χ0v) is 11.9. The third-order valence-corrected chi connectivity index (χ3v) is 2.95. The Bertz CT molecular complexity index is 587. The summed E-state index contributed by atoms with van der Waals surface area (Å²) in [6.07, 6.45) is 0.